The molecule has 0 unspecified atom stereocenters. The number of hydrogen-bond acceptors (Lipinski definition) is 2. The number of aromatic amines is 1. The van der Waals surface area contributed by atoms with Crippen LogP contribution >= 0.6 is 0 Å². The molecular formula is C16H15N3O. The lowest BCUT2D eigenvalue weighted by atomic mass is 10.2. The summed E-state index contributed by atoms with van der Waals surface area (Å²) >= 11 is 0. The second kappa shape index (κ2) is 4.81. The van der Waals surface area contributed by atoms with Gasteiger partial charge in [-0.1, -0.05) is 18.2 Å². The fraction of sp³-hybridized carbons (Fsp3) is 0.125. The molecular weight excluding hydrogens is 250 g/mol. The van der Waals surface area contributed by atoms with Crippen molar-refractivity contribution in [1.29, 1.82) is 0 Å². The third-order valence-corrected chi connectivity index (χ3v) is 3.30. The van der Waals surface area contributed by atoms with Gasteiger partial charge >= 0.3 is 0 Å². The van der Waals surface area contributed by atoms with Crippen molar-refractivity contribution in [2.24, 2.45) is 0 Å². The summed E-state index contributed by atoms with van der Waals surface area (Å²) in [7, 11) is 1.78. The number of hydrogen-bond donors (Lipinski definition) is 1. The van der Waals surface area contributed by atoms with Crippen LogP contribution in [-0.2, 0) is 0 Å². The van der Waals surface area contributed by atoms with Gasteiger partial charge in [0.2, 0.25) is 0 Å². The van der Waals surface area contributed by atoms with Crippen molar-refractivity contribution in [2.75, 3.05) is 11.9 Å². The van der Waals surface area contributed by atoms with E-state index in [1.165, 1.54) is 0 Å². The number of aryl methyl sites for hydroxylation is 1. The Labute approximate surface area is 117 Å². The number of nitrogens with zero attached hydrogens (tertiary/aromatic N) is 2. The van der Waals surface area contributed by atoms with E-state index in [-0.39, 0.29) is 5.91 Å². The number of anilines is 1. The molecule has 1 heterocycles. The Morgan fingerprint density at radius 3 is 2.65 bits per heavy atom. The van der Waals surface area contributed by atoms with Crippen molar-refractivity contribution in [3.63, 3.8) is 0 Å². The molecule has 4 heteroatoms. The number of carbonyl (C=O) groups excluding carboxylic acids is 1. The van der Waals surface area contributed by atoms with Gasteiger partial charge in [0.05, 0.1) is 11.0 Å². The predicted molar refractivity (Wildman–Crippen MR) is 80.0 cm³/mol. The van der Waals surface area contributed by atoms with Crippen LogP contribution in [0, 0.1) is 6.92 Å². The molecule has 100 valence electrons. The molecule has 0 aliphatic carbocycles. The number of rotatable bonds is 2. The first-order chi connectivity index (χ1) is 9.65. The largest absolute Gasteiger partial charge is 0.342 e. The number of benzene rings is 2. The van der Waals surface area contributed by atoms with Crippen LogP contribution in [0.25, 0.3) is 11.0 Å². The molecule has 0 radical (unpaired) electrons. The Bertz CT molecular complexity index is 762. The van der Waals surface area contributed by atoms with E-state index in [0.29, 0.717) is 5.56 Å². The molecule has 0 atom stereocenters. The van der Waals surface area contributed by atoms with Gasteiger partial charge in [-0.15, -0.1) is 0 Å². The maximum atomic E-state index is 12.4. The van der Waals surface area contributed by atoms with Crippen molar-refractivity contribution in [1.82, 2.24) is 9.97 Å². The average Bonchev–Trinajstić information content (AvgIpc) is 2.85. The van der Waals surface area contributed by atoms with Crippen molar-refractivity contribution in [3.05, 3.63) is 59.9 Å². The average molecular weight is 265 g/mol. The highest BCUT2D eigenvalue weighted by Crippen LogP contribution is 2.21. The Hall–Kier alpha value is -2.62. The quantitative estimate of drug-likeness (QED) is 0.773. The Kier molecular flexibility index (Phi) is 2.99. The molecule has 0 saturated heterocycles. The van der Waals surface area contributed by atoms with Gasteiger partial charge in [-0.25, -0.2) is 4.98 Å². The van der Waals surface area contributed by atoms with Gasteiger partial charge in [0.25, 0.3) is 5.91 Å². The SMILES string of the molecule is Cc1nc2ccc(N(C)C(=O)c3ccccc3)cc2[nH]1. The molecule has 0 aliphatic rings. The zero-order chi connectivity index (χ0) is 14.1. The van der Waals surface area contributed by atoms with Gasteiger partial charge in [0.15, 0.2) is 0 Å². The molecule has 3 aromatic rings. The molecule has 1 aromatic heterocycles. The predicted octanol–water partition coefficient (Wildman–Crippen LogP) is 3.15. The maximum absolute atomic E-state index is 12.4. The van der Waals surface area contributed by atoms with Gasteiger partial charge < -0.3 is 9.88 Å². The van der Waals surface area contributed by atoms with Gasteiger partial charge in [0.1, 0.15) is 5.82 Å². The summed E-state index contributed by atoms with van der Waals surface area (Å²) in [5.74, 6) is 0.843. The highest BCUT2D eigenvalue weighted by molar-refractivity contribution is 6.06. The maximum Gasteiger partial charge on any atom is 0.258 e. The van der Waals surface area contributed by atoms with Crippen LogP contribution in [0.3, 0.4) is 0 Å². The minimum atomic E-state index is -0.0267. The Morgan fingerprint density at radius 1 is 1.15 bits per heavy atom. The van der Waals surface area contributed by atoms with Crippen molar-refractivity contribution >= 4 is 22.6 Å². The van der Waals surface area contributed by atoms with Gasteiger partial charge in [-0.05, 0) is 37.3 Å². The van der Waals surface area contributed by atoms with Crippen LogP contribution in [0.4, 0.5) is 5.69 Å². The Morgan fingerprint density at radius 2 is 1.90 bits per heavy atom. The van der Waals surface area contributed by atoms with Gasteiger partial charge in [-0.2, -0.15) is 0 Å². The molecule has 0 aliphatic heterocycles. The fourth-order valence-corrected chi connectivity index (χ4v) is 2.23. The van der Waals surface area contributed by atoms with E-state index < -0.39 is 0 Å². The van der Waals surface area contributed by atoms with E-state index in [2.05, 4.69) is 9.97 Å². The number of aromatic nitrogens is 2. The summed E-state index contributed by atoms with van der Waals surface area (Å²) < 4.78 is 0. The zero-order valence-corrected chi connectivity index (χ0v) is 11.4. The second-order valence-electron chi connectivity index (χ2n) is 4.75. The Balaban J connectivity index is 1.95. The highest BCUT2D eigenvalue weighted by Gasteiger charge is 2.13. The summed E-state index contributed by atoms with van der Waals surface area (Å²) in [6.45, 7) is 1.92. The van der Waals surface area contributed by atoms with E-state index >= 15 is 0 Å². The summed E-state index contributed by atoms with van der Waals surface area (Å²) in [6.07, 6.45) is 0. The minimum absolute atomic E-state index is 0.0267. The van der Waals surface area contributed by atoms with Gasteiger partial charge in [-0.3, -0.25) is 4.79 Å². The number of imidazole rings is 1. The van der Waals surface area contributed by atoms with Crippen molar-refractivity contribution < 1.29 is 4.79 Å². The first kappa shape index (κ1) is 12.4. The molecule has 0 saturated carbocycles. The minimum Gasteiger partial charge on any atom is -0.342 e. The first-order valence-electron chi connectivity index (χ1n) is 6.44. The lowest BCUT2D eigenvalue weighted by Crippen LogP contribution is -2.26. The molecule has 4 nitrogen and oxygen atoms in total. The zero-order valence-electron chi connectivity index (χ0n) is 11.4. The van der Waals surface area contributed by atoms with E-state index in [4.69, 9.17) is 0 Å². The molecule has 1 N–H and O–H groups in total. The first-order valence-corrected chi connectivity index (χ1v) is 6.44. The molecule has 20 heavy (non-hydrogen) atoms. The second-order valence-corrected chi connectivity index (χ2v) is 4.75. The molecule has 0 fully saturated rings. The van der Waals surface area contributed by atoms with Crippen molar-refractivity contribution in [2.45, 2.75) is 6.92 Å². The lowest BCUT2D eigenvalue weighted by molar-refractivity contribution is 0.0993. The monoisotopic (exact) mass is 265 g/mol. The molecule has 2 aromatic carbocycles. The van der Waals surface area contributed by atoms with Crippen molar-refractivity contribution in [3.8, 4) is 0 Å². The third-order valence-electron chi connectivity index (χ3n) is 3.30. The van der Waals surface area contributed by atoms with Crippen LogP contribution in [0.2, 0.25) is 0 Å². The van der Waals surface area contributed by atoms with Crippen LogP contribution in [0.15, 0.2) is 48.5 Å². The number of amides is 1. The fourth-order valence-electron chi connectivity index (χ4n) is 2.23. The molecule has 1 amide bonds. The van der Waals surface area contributed by atoms with Crippen LogP contribution in [-0.4, -0.2) is 22.9 Å². The van der Waals surface area contributed by atoms with E-state index in [1.54, 1.807) is 11.9 Å². The van der Waals surface area contributed by atoms with Gasteiger partial charge in [0, 0.05) is 18.3 Å². The number of H-pyrrole nitrogens is 1. The number of carbonyl (C=O) groups is 1. The summed E-state index contributed by atoms with van der Waals surface area (Å²) in [5.41, 5.74) is 3.37. The highest BCUT2D eigenvalue weighted by atomic mass is 16.2. The van der Waals surface area contributed by atoms with Crippen LogP contribution in [0.1, 0.15) is 16.2 Å². The molecule has 3 rings (SSSR count). The van der Waals surface area contributed by atoms with E-state index in [0.717, 1.165) is 22.5 Å². The lowest BCUT2D eigenvalue weighted by Gasteiger charge is -2.17. The smallest absolute Gasteiger partial charge is 0.258 e. The summed E-state index contributed by atoms with van der Waals surface area (Å²) in [6, 6.07) is 15.0. The standard InChI is InChI=1S/C16H15N3O/c1-11-17-14-9-8-13(10-15(14)18-11)19(2)16(20)12-6-4-3-5-7-12/h3-10H,1-2H3,(H,17,18). The normalized spacial score (nSPS) is 10.7. The molecule has 0 bridgehead atoms. The summed E-state index contributed by atoms with van der Waals surface area (Å²) in [4.78, 5) is 21.6. The topological polar surface area (TPSA) is 49.0 Å². The van der Waals surface area contributed by atoms with E-state index in [1.807, 2.05) is 55.5 Å². The summed E-state index contributed by atoms with van der Waals surface area (Å²) in [5, 5.41) is 0. The third kappa shape index (κ3) is 2.16. The number of fused-ring (bicyclic) bond motifs is 1. The van der Waals surface area contributed by atoms with E-state index in [9.17, 15) is 4.79 Å². The number of nitrogens with one attached hydrogen (secondary N) is 1. The molecule has 0 spiro atoms. The van der Waals surface area contributed by atoms with Crippen LogP contribution < -0.4 is 4.90 Å². The van der Waals surface area contributed by atoms with Crippen LogP contribution in [0.5, 0.6) is 0 Å².